The van der Waals surface area contributed by atoms with E-state index in [0.717, 1.165) is 12.8 Å². The number of hydrogen-bond acceptors (Lipinski definition) is 4. The fourth-order valence-electron chi connectivity index (χ4n) is 2.08. The van der Waals surface area contributed by atoms with Crippen LogP contribution in [0, 0.1) is 0 Å². The van der Waals surface area contributed by atoms with Crippen molar-refractivity contribution in [2.24, 2.45) is 0 Å². The summed E-state index contributed by atoms with van der Waals surface area (Å²) in [5, 5.41) is 20.2. The third-order valence-electron chi connectivity index (χ3n) is 3.42. The van der Waals surface area contributed by atoms with Crippen molar-refractivity contribution in [2.75, 3.05) is 19.8 Å². The van der Waals surface area contributed by atoms with Gasteiger partial charge in [-0.15, -0.1) is 0 Å². The highest BCUT2D eigenvalue weighted by molar-refractivity contribution is 5.67. The molecule has 0 fully saturated rings. The summed E-state index contributed by atoms with van der Waals surface area (Å²) in [6.07, 6.45) is 11.1. The predicted molar refractivity (Wildman–Crippen MR) is 84.3 cm³/mol. The lowest BCUT2D eigenvalue weighted by atomic mass is 10.1. The van der Waals surface area contributed by atoms with E-state index < -0.39 is 18.8 Å². The summed E-state index contributed by atoms with van der Waals surface area (Å²) in [6.45, 7) is 2.27. The van der Waals surface area contributed by atoms with Crippen molar-refractivity contribution in [1.29, 1.82) is 0 Å². The first-order valence-electron chi connectivity index (χ1n) is 8.40. The highest BCUT2D eigenvalue weighted by atomic mass is 16.6. The normalized spacial score (nSPS) is 12.1. The van der Waals surface area contributed by atoms with E-state index in [1.807, 2.05) is 0 Å². The molecule has 0 saturated heterocycles. The molecule has 126 valence electrons. The van der Waals surface area contributed by atoms with Crippen LogP contribution >= 0.6 is 0 Å². The average molecular weight is 303 g/mol. The zero-order chi connectivity index (χ0) is 15.8. The lowest BCUT2D eigenvalue weighted by Crippen LogP contribution is -2.29. The van der Waals surface area contributed by atoms with Crippen LogP contribution in [0.15, 0.2) is 0 Å². The third kappa shape index (κ3) is 15.4. The lowest BCUT2D eigenvalue weighted by molar-refractivity contribution is 0.0322. The van der Waals surface area contributed by atoms with Crippen molar-refractivity contribution in [1.82, 2.24) is 5.32 Å². The number of amides is 1. The monoisotopic (exact) mass is 303 g/mol. The number of unbranched alkanes of at least 4 members (excludes halogenated alkanes) is 9. The molecule has 0 aliphatic carbocycles. The van der Waals surface area contributed by atoms with E-state index in [0.29, 0.717) is 6.54 Å². The van der Waals surface area contributed by atoms with E-state index >= 15 is 0 Å². The summed E-state index contributed by atoms with van der Waals surface area (Å²) in [4.78, 5) is 11.2. The SMILES string of the molecule is CCCCCCCCCCCCNC(=O)OCC(O)CO. The average Bonchev–Trinajstić information content (AvgIpc) is 2.50. The number of carbonyl (C=O) groups is 1. The first-order valence-corrected chi connectivity index (χ1v) is 8.40. The number of nitrogens with one attached hydrogen (secondary N) is 1. The van der Waals surface area contributed by atoms with Crippen LogP contribution in [-0.4, -0.2) is 42.2 Å². The zero-order valence-electron chi connectivity index (χ0n) is 13.5. The van der Waals surface area contributed by atoms with Gasteiger partial charge in [0.25, 0.3) is 0 Å². The van der Waals surface area contributed by atoms with E-state index in [-0.39, 0.29) is 6.61 Å². The minimum atomic E-state index is -0.993. The van der Waals surface area contributed by atoms with Gasteiger partial charge in [-0.2, -0.15) is 0 Å². The van der Waals surface area contributed by atoms with Gasteiger partial charge < -0.3 is 20.3 Å². The molecule has 5 heteroatoms. The van der Waals surface area contributed by atoms with Crippen molar-refractivity contribution >= 4 is 6.09 Å². The number of hydrogen-bond donors (Lipinski definition) is 3. The van der Waals surface area contributed by atoms with Gasteiger partial charge in [-0.25, -0.2) is 4.79 Å². The van der Waals surface area contributed by atoms with E-state index in [4.69, 9.17) is 14.9 Å². The van der Waals surface area contributed by atoms with Crippen LogP contribution in [0.25, 0.3) is 0 Å². The molecule has 5 nitrogen and oxygen atoms in total. The van der Waals surface area contributed by atoms with Crippen molar-refractivity contribution in [3.63, 3.8) is 0 Å². The molecule has 0 aromatic carbocycles. The number of aliphatic hydroxyl groups is 2. The maximum Gasteiger partial charge on any atom is 0.407 e. The summed E-state index contributed by atoms with van der Waals surface area (Å²) >= 11 is 0. The minimum Gasteiger partial charge on any atom is -0.447 e. The molecule has 0 aromatic rings. The van der Waals surface area contributed by atoms with Crippen molar-refractivity contribution in [3.8, 4) is 0 Å². The molecule has 0 aromatic heterocycles. The summed E-state index contributed by atoms with van der Waals surface area (Å²) in [7, 11) is 0. The molecule has 1 atom stereocenters. The van der Waals surface area contributed by atoms with Crippen molar-refractivity contribution in [2.45, 2.75) is 77.2 Å². The Bertz CT molecular complexity index is 236. The summed E-state index contributed by atoms with van der Waals surface area (Å²) in [5.74, 6) is 0. The second-order valence-corrected chi connectivity index (χ2v) is 5.54. The van der Waals surface area contributed by atoms with Gasteiger partial charge >= 0.3 is 6.09 Å². The summed E-state index contributed by atoms with van der Waals surface area (Å²) in [6, 6.07) is 0. The molecular weight excluding hydrogens is 270 g/mol. The van der Waals surface area contributed by atoms with E-state index in [2.05, 4.69) is 12.2 Å². The smallest absolute Gasteiger partial charge is 0.407 e. The van der Waals surface area contributed by atoms with Gasteiger partial charge in [0, 0.05) is 6.54 Å². The number of rotatable bonds is 14. The van der Waals surface area contributed by atoms with E-state index in [1.165, 1.54) is 51.4 Å². The Labute approximate surface area is 129 Å². The molecular formula is C16H33NO4. The van der Waals surface area contributed by atoms with Crippen LogP contribution in [0.4, 0.5) is 4.79 Å². The quantitative estimate of drug-likeness (QED) is 0.431. The Hall–Kier alpha value is -0.810. The molecule has 0 bridgehead atoms. The molecule has 0 rings (SSSR count). The second-order valence-electron chi connectivity index (χ2n) is 5.54. The number of ether oxygens (including phenoxy) is 1. The number of alkyl carbamates (subject to hydrolysis) is 1. The van der Waals surface area contributed by atoms with Crippen molar-refractivity contribution < 1.29 is 19.7 Å². The first kappa shape index (κ1) is 20.2. The Morgan fingerprint density at radius 3 is 2.05 bits per heavy atom. The zero-order valence-corrected chi connectivity index (χ0v) is 13.5. The van der Waals surface area contributed by atoms with Gasteiger partial charge in [-0.3, -0.25) is 0 Å². The van der Waals surface area contributed by atoms with Gasteiger partial charge in [0.1, 0.15) is 12.7 Å². The Morgan fingerprint density at radius 2 is 1.52 bits per heavy atom. The van der Waals surface area contributed by atoms with Gasteiger partial charge in [-0.05, 0) is 6.42 Å². The van der Waals surface area contributed by atoms with Gasteiger partial charge in [-0.1, -0.05) is 64.7 Å². The summed E-state index contributed by atoms with van der Waals surface area (Å²) < 4.78 is 4.73. The Balaban J connectivity index is 3.16. The number of carbonyl (C=O) groups excluding carboxylic acids is 1. The van der Waals surface area contributed by atoms with E-state index in [1.54, 1.807) is 0 Å². The first-order chi connectivity index (χ1) is 10.2. The van der Waals surface area contributed by atoms with Gasteiger partial charge in [0.15, 0.2) is 0 Å². The second kappa shape index (κ2) is 15.6. The van der Waals surface area contributed by atoms with Crippen LogP contribution in [0.5, 0.6) is 0 Å². The van der Waals surface area contributed by atoms with Crippen LogP contribution in [0.1, 0.15) is 71.1 Å². The van der Waals surface area contributed by atoms with Gasteiger partial charge in [0.05, 0.1) is 6.61 Å². The molecule has 21 heavy (non-hydrogen) atoms. The minimum absolute atomic E-state index is 0.166. The largest absolute Gasteiger partial charge is 0.447 e. The molecule has 0 heterocycles. The molecule has 1 amide bonds. The molecule has 3 N–H and O–H groups in total. The molecule has 0 saturated carbocycles. The maximum atomic E-state index is 11.2. The summed E-state index contributed by atoms with van der Waals surface area (Å²) in [5.41, 5.74) is 0. The Kier molecular flexibility index (Phi) is 15.0. The van der Waals surface area contributed by atoms with Crippen molar-refractivity contribution in [3.05, 3.63) is 0 Å². The maximum absolute atomic E-state index is 11.2. The fourth-order valence-corrected chi connectivity index (χ4v) is 2.08. The standard InChI is InChI=1S/C16H33NO4/c1-2-3-4-5-6-7-8-9-10-11-12-17-16(20)21-14-15(19)13-18/h15,18-19H,2-14H2,1H3,(H,17,20). The fraction of sp³-hybridized carbons (Fsp3) is 0.938. The highest BCUT2D eigenvalue weighted by Crippen LogP contribution is 2.10. The van der Waals surface area contributed by atoms with E-state index in [9.17, 15) is 4.79 Å². The molecule has 0 radical (unpaired) electrons. The highest BCUT2D eigenvalue weighted by Gasteiger charge is 2.06. The topological polar surface area (TPSA) is 78.8 Å². The lowest BCUT2D eigenvalue weighted by Gasteiger charge is -2.09. The van der Waals surface area contributed by atoms with Crippen LogP contribution in [-0.2, 0) is 4.74 Å². The molecule has 0 aliphatic rings. The predicted octanol–water partition coefficient (Wildman–Crippen LogP) is 2.99. The Morgan fingerprint density at radius 1 is 1.00 bits per heavy atom. The molecule has 0 spiro atoms. The van der Waals surface area contributed by atoms with Crippen LogP contribution in [0.3, 0.4) is 0 Å². The molecule has 1 unspecified atom stereocenters. The van der Waals surface area contributed by atoms with Gasteiger partial charge in [0.2, 0.25) is 0 Å². The van der Waals surface area contributed by atoms with Crippen LogP contribution < -0.4 is 5.32 Å². The molecule has 0 aliphatic heterocycles. The third-order valence-corrected chi connectivity index (χ3v) is 3.42. The number of aliphatic hydroxyl groups excluding tert-OH is 2. The van der Waals surface area contributed by atoms with Crippen LogP contribution in [0.2, 0.25) is 0 Å².